The molecule has 4 heteroatoms. The number of hydrogen-bond donors (Lipinski definition) is 1. The second-order valence-electron chi connectivity index (χ2n) is 4.26. The molecule has 17 heavy (non-hydrogen) atoms. The van der Waals surface area contributed by atoms with Crippen LogP contribution in [0, 0.1) is 5.92 Å². The second-order valence-corrected chi connectivity index (χ2v) is 4.26. The van der Waals surface area contributed by atoms with Gasteiger partial charge in [-0.3, -0.25) is 4.79 Å². The molecule has 0 spiro atoms. The van der Waals surface area contributed by atoms with Crippen molar-refractivity contribution in [2.75, 3.05) is 11.6 Å². The first-order chi connectivity index (χ1) is 8.22. The molecule has 0 aromatic heterocycles. The van der Waals surface area contributed by atoms with E-state index in [1.165, 1.54) is 10.6 Å². The zero-order valence-electron chi connectivity index (χ0n) is 9.97. The number of amides is 1. The van der Waals surface area contributed by atoms with Crippen LogP contribution in [0.1, 0.15) is 18.9 Å². The first kappa shape index (κ1) is 11.8. The summed E-state index contributed by atoms with van der Waals surface area (Å²) < 4.78 is 0. The zero-order valence-corrected chi connectivity index (χ0v) is 9.97. The standard InChI is InChI=1S/C13H17N3O/c1-10-9-15-16(13(10)17)12-6-4-11(5-7-12)3-2-8-14/h4-7,9-10H,2-3,8,14H2,1H3. The van der Waals surface area contributed by atoms with E-state index in [1.807, 2.05) is 31.2 Å². The predicted molar refractivity (Wildman–Crippen MR) is 69.0 cm³/mol. The molecule has 0 saturated carbocycles. The number of nitrogens with zero attached hydrogens (tertiary/aromatic N) is 2. The molecule has 1 atom stereocenters. The molecule has 2 N–H and O–H groups in total. The van der Waals surface area contributed by atoms with Gasteiger partial charge in [-0.25, -0.2) is 5.01 Å². The molecule has 0 aliphatic carbocycles. The SMILES string of the molecule is CC1C=NN(c2ccc(CCCN)cc2)C1=O. The number of anilines is 1. The number of hydrazone groups is 1. The molecule has 0 bridgehead atoms. The molecule has 90 valence electrons. The maximum Gasteiger partial charge on any atom is 0.255 e. The first-order valence-corrected chi connectivity index (χ1v) is 5.89. The largest absolute Gasteiger partial charge is 0.330 e. The van der Waals surface area contributed by atoms with E-state index in [2.05, 4.69) is 5.10 Å². The van der Waals surface area contributed by atoms with Crippen molar-refractivity contribution in [3.05, 3.63) is 29.8 Å². The zero-order chi connectivity index (χ0) is 12.3. The highest BCUT2D eigenvalue weighted by molar-refractivity contribution is 6.07. The summed E-state index contributed by atoms with van der Waals surface area (Å²) in [6.45, 7) is 2.55. The lowest BCUT2D eigenvalue weighted by molar-refractivity contribution is -0.119. The van der Waals surface area contributed by atoms with Crippen molar-refractivity contribution in [3.8, 4) is 0 Å². The molecule has 2 rings (SSSR count). The molecule has 1 aromatic rings. The molecule has 1 amide bonds. The normalized spacial score (nSPS) is 19.1. The number of hydrogen-bond acceptors (Lipinski definition) is 3. The average molecular weight is 231 g/mol. The first-order valence-electron chi connectivity index (χ1n) is 5.89. The lowest BCUT2D eigenvalue weighted by Crippen LogP contribution is -2.24. The van der Waals surface area contributed by atoms with Crippen molar-refractivity contribution in [1.82, 2.24) is 0 Å². The van der Waals surface area contributed by atoms with Crippen LogP contribution in [0.4, 0.5) is 5.69 Å². The van der Waals surface area contributed by atoms with Gasteiger partial charge in [-0.15, -0.1) is 0 Å². The van der Waals surface area contributed by atoms with E-state index >= 15 is 0 Å². The van der Waals surface area contributed by atoms with Crippen molar-refractivity contribution in [1.29, 1.82) is 0 Å². The average Bonchev–Trinajstić information content (AvgIpc) is 2.68. The molecule has 0 radical (unpaired) electrons. The third-order valence-corrected chi connectivity index (χ3v) is 2.85. The number of rotatable bonds is 4. The Morgan fingerprint density at radius 2 is 2.06 bits per heavy atom. The summed E-state index contributed by atoms with van der Waals surface area (Å²) in [7, 11) is 0. The summed E-state index contributed by atoms with van der Waals surface area (Å²) in [5.41, 5.74) is 7.53. The number of benzene rings is 1. The Hall–Kier alpha value is -1.68. The third-order valence-electron chi connectivity index (χ3n) is 2.85. The number of carbonyl (C=O) groups excluding carboxylic acids is 1. The highest BCUT2D eigenvalue weighted by Crippen LogP contribution is 2.21. The van der Waals surface area contributed by atoms with Crippen LogP contribution in [0.5, 0.6) is 0 Å². The third kappa shape index (κ3) is 2.53. The van der Waals surface area contributed by atoms with Crippen LogP contribution in [0.2, 0.25) is 0 Å². The van der Waals surface area contributed by atoms with Gasteiger partial charge in [0.2, 0.25) is 0 Å². The predicted octanol–water partition coefficient (Wildman–Crippen LogP) is 1.55. The maximum atomic E-state index is 11.7. The molecular formula is C13H17N3O. The van der Waals surface area contributed by atoms with Crippen LogP contribution < -0.4 is 10.7 Å². The van der Waals surface area contributed by atoms with Crippen molar-refractivity contribution in [2.45, 2.75) is 19.8 Å². The van der Waals surface area contributed by atoms with E-state index in [1.54, 1.807) is 6.21 Å². The number of aryl methyl sites for hydroxylation is 1. The van der Waals surface area contributed by atoms with E-state index in [4.69, 9.17) is 5.73 Å². The van der Waals surface area contributed by atoms with Gasteiger partial charge in [0.25, 0.3) is 5.91 Å². The number of carbonyl (C=O) groups is 1. The Balaban J connectivity index is 2.08. The van der Waals surface area contributed by atoms with Crippen LogP contribution in [-0.4, -0.2) is 18.7 Å². The minimum absolute atomic E-state index is 0.0275. The fourth-order valence-corrected chi connectivity index (χ4v) is 1.78. The molecule has 1 aromatic carbocycles. The van der Waals surface area contributed by atoms with Gasteiger partial charge in [-0.1, -0.05) is 12.1 Å². The summed E-state index contributed by atoms with van der Waals surface area (Å²) in [6.07, 6.45) is 3.63. The van der Waals surface area contributed by atoms with Gasteiger partial charge in [-0.2, -0.15) is 5.10 Å². The summed E-state index contributed by atoms with van der Waals surface area (Å²) in [5.74, 6) is -0.0911. The molecular weight excluding hydrogens is 214 g/mol. The molecule has 1 aliphatic rings. The number of nitrogens with two attached hydrogens (primary N) is 1. The second kappa shape index (κ2) is 5.10. The van der Waals surface area contributed by atoms with Gasteiger partial charge in [0.05, 0.1) is 11.6 Å². The molecule has 0 fully saturated rings. The molecule has 1 heterocycles. The van der Waals surface area contributed by atoms with E-state index in [0.717, 1.165) is 18.5 Å². The smallest absolute Gasteiger partial charge is 0.255 e. The summed E-state index contributed by atoms with van der Waals surface area (Å²) in [5, 5.41) is 5.55. The maximum absolute atomic E-state index is 11.7. The van der Waals surface area contributed by atoms with Gasteiger partial charge in [0.1, 0.15) is 0 Å². The minimum atomic E-state index is -0.119. The van der Waals surface area contributed by atoms with E-state index < -0.39 is 0 Å². The van der Waals surface area contributed by atoms with Crippen LogP contribution in [-0.2, 0) is 11.2 Å². The lowest BCUT2D eigenvalue weighted by atomic mass is 10.1. The minimum Gasteiger partial charge on any atom is -0.330 e. The Labute approximate surface area is 101 Å². The Morgan fingerprint density at radius 1 is 1.35 bits per heavy atom. The molecule has 4 nitrogen and oxygen atoms in total. The van der Waals surface area contributed by atoms with E-state index in [-0.39, 0.29) is 11.8 Å². The van der Waals surface area contributed by atoms with Gasteiger partial charge in [-0.05, 0) is 44.0 Å². The lowest BCUT2D eigenvalue weighted by Gasteiger charge is -2.13. The Bertz CT molecular complexity index is 425. The monoisotopic (exact) mass is 231 g/mol. The quantitative estimate of drug-likeness (QED) is 0.854. The van der Waals surface area contributed by atoms with E-state index in [0.29, 0.717) is 6.54 Å². The highest BCUT2D eigenvalue weighted by atomic mass is 16.2. The van der Waals surface area contributed by atoms with Crippen molar-refractivity contribution >= 4 is 17.8 Å². The Morgan fingerprint density at radius 3 is 2.59 bits per heavy atom. The molecule has 0 saturated heterocycles. The van der Waals surface area contributed by atoms with Gasteiger partial charge >= 0.3 is 0 Å². The van der Waals surface area contributed by atoms with Crippen LogP contribution in [0.15, 0.2) is 29.4 Å². The van der Waals surface area contributed by atoms with Gasteiger partial charge in [0, 0.05) is 6.21 Å². The van der Waals surface area contributed by atoms with E-state index in [9.17, 15) is 4.79 Å². The van der Waals surface area contributed by atoms with Crippen molar-refractivity contribution in [3.63, 3.8) is 0 Å². The summed E-state index contributed by atoms with van der Waals surface area (Å²) in [6, 6.07) is 7.91. The van der Waals surface area contributed by atoms with Gasteiger partial charge < -0.3 is 5.73 Å². The van der Waals surface area contributed by atoms with Crippen molar-refractivity contribution in [2.24, 2.45) is 16.8 Å². The molecule has 1 unspecified atom stereocenters. The van der Waals surface area contributed by atoms with Crippen LogP contribution >= 0.6 is 0 Å². The highest BCUT2D eigenvalue weighted by Gasteiger charge is 2.25. The Kier molecular flexibility index (Phi) is 3.54. The van der Waals surface area contributed by atoms with Crippen LogP contribution in [0.25, 0.3) is 0 Å². The summed E-state index contributed by atoms with van der Waals surface area (Å²) >= 11 is 0. The molecule has 1 aliphatic heterocycles. The topological polar surface area (TPSA) is 58.7 Å². The van der Waals surface area contributed by atoms with Gasteiger partial charge in [0.15, 0.2) is 0 Å². The summed E-state index contributed by atoms with van der Waals surface area (Å²) in [4.78, 5) is 11.7. The van der Waals surface area contributed by atoms with Crippen molar-refractivity contribution < 1.29 is 4.79 Å². The van der Waals surface area contributed by atoms with Crippen LogP contribution in [0.3, 0.4) is 0 Å². The fourth-order valence-electron chi connectivity index (χ4n) is 1.78. The fraction of sp³-hybridized carbons (Fsp3) is 0.385.